The highest BCUT2D eigenvalue weighted by Crippen LogP contribution is 2.27. The Bertz CT molecular complexity index is 205. The van der Waals surface area contributed by atoms with Crippen LogP contribution in [0.15, 0.2) is 0 Å². The second-order valence-electron chi connectivity index (χ2n) is 4.66. The molecule has 1 saturated carbocycles. The summed E-state index contributed by atoms with van der Waals surface area (Å²) in [4.78, 5) is 14.1. The highest BCUT2D eigenvalue weighted by Gasteiger charge is 2.31. The molecule has 2 N–H and O–H groups in total. The summed E-state index contributed by atoms with van der Waals surface area (Å²) < 4.78 is 0. The first-order valence-corrected chi connectivity index (χ1v) is 5.82. The van der Waals surface area contributed by atoms with Gasteiger partial charge in [0.05, 0.1) is 0 Å². The number of nitrogens with zero attached hydrogens (tertiary/aromatic N) is 1. The van der Waals surface area contributed by atoms with Gasteiger partial charge >= 0.3 is 0 Å². The van der Waals surface area contributed by atoms with E-state index in [0.29, 0.717) is 5.91 Å². The third-order valence-electron chi connectivity index (χ3n) is 3.49. The van der Waals surface area contributed by atoms with Crippen LogP contribution in [0, 0.1) is 5.92 Å². The van der Waals surface area contributed by atoms with Crippen LogP contribution >= 0.6 is 0 Å². The second-order valence-corrected chi connectivity index (χ2v) is 4.66. The maximum absolute atomic E-state index is 12.0. The molecular weight excluding hydrogens is 176 g/mol. The van der Waals surface area contributed by atoms with E-state index in [1.54, 1.807) is 0 Å². The summed E-state index contributed by atoms with van der Waals surface area (Å²) in [5.41, 5.74) is 5.82. The number of carbonyl (C=O) groups is 1. The molecule has 1 aliphatic carbocycles. The summed E-state index contributed by atoms with van der Waals surface area (Å²) in [5.74, 6) is 0.612. The van der Waals surface area contributed by atoms with Crippen LogP contribution in [0.5, 0.6) is 0 Å². The largest absolute Gasteiger partial charge is 0.342 e. The number of nitrogens with two attached hydrogens (primary N) is 1. The molecule has 3 heteroatoms. The number of piperidine rings is 1. The highest BCUT2D eigenvalue weighted by molar-refractivity contribution is 5.79. The molecule has 0 bridgehead atoms. The van der Waals surface area contributed by atoms with Crippen molar-refractivity contribution in [1.29, 1.82) is 0 Å². The number of rotatable bonds is 1. The Morgan fingerprint density at radius 2 is 1.86 bits per heavy atom. The van der Waals surface area contributed by atoms with Crippen molar-refractivity contribution in [2.45, 2.75) is 44.6 Å². The summed E-state index contributed by atoms with van der Waals surface area (Å²) in [5, 5.41) is 0. The molecule has 2 rings (SSSR count). The Labute approximate surface area is 85.6 Å². The monoisotopic (exact) mass is 196 g/mol. The summed E-state index contributed by atoms with van der Waals surface area (Å²) in [6.45, 7) is 1.95. The van der Waals surface area contributed by atoms with E-state index in [-0.39, 0.29) is 12.0 Å². The summed E-state index contributed by atoms with van der Waals surface area (Å²) >= 11 is 0. The first-order chi connectivity index (χ1) is 6.77. The van der Waals surface area contributed by atoms with Gasteiger partial charge in [-0.25, -0.2) is 0 Å². The van der Waals surface area contributed by atoms with E-state index in [1.165, 1.54) is 19.3 Å². The highest BCUT2D eigenvalue weighted by atomic mass is 16.2. The Morgan fingerprint density at radius 1 is 1.14 bits per heavy atom. The van der Waals surface area contributed by atoms with E-state index >= 15 is 0 Å². The number of likely N-dealkylation sites (tertiary alicyclic amines) is 1. The van der Waals surface area contributed by atoms with Gasteiger partial charge < -0.3 is 10.6 Å². The summed E-state index contributed by atoms with van der Waals surface area (Å²) in [6, 6.07) is 0.272. The van der Waals surface area contributed by atoms with Gasteiger partial charge in [0, 0.05) is 25.0 Å². The molecule has 14 heavy (non-hydrogen) atoms. The third-order valence-corrected chi connectivity index (χ3v) is 3.49. The molecule has 2 atom stereocenters. The van der Waals surface area contributed by atoms with E-state index in [4.69, 9.17) is 5.73 Å². The maximum Gasteiger partial charge on any atom is 0.225 e. The molecule has 0 radical (unpaired) electrons. The van der Waals surface area contributed by atoms with Crippen LogP contribution in [0.4, 0.5) is 0 Å². The quantitative estimate of drug-likeness (QED) is 0.683. The molecule has 1 amide bonds. The zero-order valence-corrected chi connectivity index (χ0v) is 8.74. The summed E-state index contributed by atoms with van der Waals surface area (Å²) in [6.07, 6.45) is 6.61. The molecule has 2 unspecified atom stereocenters. The van der Waals surface area contributed by atoms with Crippen molar-refractivity contribution in [3.8, 4) is 0 Å². The van der Waals surface area contributed by atoms with Crippen molar-refractivity contribution < 1.29 is 4.79 Å². The Kier molecular flexibility index (Phi) is 3.06. The number of hydrogen-bond donors (Lipinski definition) is 1. The minimum absolute atomic E-state index is 0.239. The predicted molar refractivity (Wildman–Crippen MR) is 55.7 cm³/mol. The molecule has 1 saturated heterocycles. The molecule has 0 aromatic heterocycles. The standard InChI is InChI=1S/C11H20N2O/c12-10-5-4-9(8-10)11(14)13-6-2-1-3-7-13/h9-10H,1-8,12H2. The predicted octanol–water partition coefficient (Wildman–Crippen LogP) is 1.13. The lowest BCUT2D eigenvalue weighted by Gasteiger charge is -2.29. The minimum Gasteiger partial charge on any atom is -0.342 e. The normalized spacial score (nSPS) is 33.4. The lowest BCUT2D eigenvalue weighted by molar-refractivity contribution is -0.136. The average Bonchev–Trinajstić information content (AvgIpc) is 2.65. The van der Waals surface area contributed by atoms with Crippen molar-refractivity contribution >= 4 is 5.91 Å². The van der Waals surface area contributed by atoms with Crippen molar-refractivity contribution in [1.82, 2.24) is 4.90 Å². The van der Waals surface area contributed by atoms with Crippen molar-refractivity contribution in [3.63, 3.8) is 0 Å². The van der Waals surface area contributed by atoms with Crippen molar-refractivity contribution in [2.75, 3.05) is 13.1 Å². The smallest absolute Gasteiger partial charge is 0.225 e. The molecule has 2 aliphatic rings. The first-order valence-electron chi connectivity index (χ1n) is 5.82. The maximum atomic E-state index is 12.0. The first kappa shape index (κ1) is 9.97. The van der Waals surface area contributed by atoms with Gasteiger partial charge in [0.15, 0.2) is 0 Å². The molecule has 1 aliphatic heterocycles. The fourth-order valence-electron chi connectivity index (χ4n) is 2.61. The van der Waals surface area contributed by atoms with Gasteiger partial charge in [0.1, 0.15) is 0 Å². The second kappa shape index (κ2) is 4.30. The van der Waals surface area contributed by atoms with Gasteiger partial charge in [0.25, 0.3) is 0 Å². The molecule has 80 valence electrons. The van der Waals surface area contributed by atoms with Crippen LogP contribution in [-0.2, 0) is 4.79 Å². The van der Waals surface area contributed by atoms with Crippen LogP contribution in [0.1, 0.15) is 38.5 Å². The van der Waals surface area contributed by atoms with Crippen LogP contribution in [0.2, 0.25) is 0 Å². The van der Waals surface area contributed by atoms with Crippen LogP contribution in [0.3, 0.4) is 0 Å². The topological polar surface area (TPSA) is 46.3 Å². The van der Waals surface area contributed by atoms with E-state index in [9.17, 15) is 4.79 Å². The van der Waals surface area contributed by atoms with Gasteiger partial charge in [-0.1, -0.05) is 0 Å². The third kappa shape index (κ3) is 2.08. The molecule has 0 aromatic rings. The zero-order valence-electron chi connectivity index (χ0n) is 8.74. The average molecular weight is 196 g/mol. The molecule has 3 nitrogen and oxygen atoms in total. The van der Waals surface area contributed by atoms with Gasteiger partial charge in [0.2, 0.25) is 5.91 Å². The molecule has 1 heterocycles. The van der Waals surface area contributed by atoms with Gasteiger partial charge in [-0.2, -0.15) is 0 Å². The fraction of sp³-hybridized carbons (Fsp3) is 0.909. The Balaban J connectivity index is 1.87. The molecule has 2 fully saturated rings. The van der Waals surface area contributed by atoms with E-state index in [1.807, 2.05) is 4.90 Å². The van der Waals surface area contributed by atoms with Crippen molar-refractivity contribution in [3.05, 3.63) is 0 Å². The lowest BCUT2D eigenvalue weighted by Crippen LogP contribution is -2.39. The van der Waals surface area contributed by atoms with Crippen LogP contribution in [0.25, 0.3) is 0 Å². The molecule has 0 spiro atoms. The lowest BCUT2D eigenvalue weighted by atomic mass is 10.0. The summed E-state index contributed by atoms with van der Waals surface area (Å²) in [7, 11) is 0. The number of hydrogen-bond acceptors (Lipinski definition) is 2. The fourth-order valence-corrected chi connectivity index (χ4v) is 2.61. The van der Waals surface area contributed by atoms with Crippen molar-refractivity contribution in [2.24, 2.45) is 11.7 Å². The molecular formula is C11H20N2O. The van der Waals surface area contributed by atoms with E-state index < -0.39 is 0 Å². The van der Waals surface area contributed by atoms with E-state index in [2.05, 4.69) is 0 Å². The SMILES string of the molecule is NC1CCC(C(=O)N2CCCCC2)C1. The van der Waals surface area contributed by atoms with Gasteiger partial charge in [-0.15, -0.1) is 0 Å². The minimum atomic E-state index is 0.239. The zero-order chi connectivity index (χ0) is 9.97. The van der Waals surface area contributed by atoms with Crippen LogP contribution in [-0.4, -0.2) is 29.9 Å². The van der Waals surface area contributed by atoms with E-state index in [0.717, 1.165) is 32.4 Å². The Morgan fingerprint density at radius 3 is 2.43 bits per heavy atom. The Hall–Kier alpha value is -0.570. The van der Waals surface area contributed by atoms with Crippen LogP contribution < -0.4 is 5.73 Å². The molecule has 0 aromatic carbocycles. The van der Waals surface area contributed by atoms with Gasteiger partial charge in [-0.3, -0.25) is 4.79 Å². The number of amides is 1. The van der Waals surface area contributed by atoms with Gasteiger partial charge in [-0.05, 0) is 38.5 Å². The number of carbonyl (C=O) groups excluding carboxylic acids is 1.